The highest BCUT2D eigenvalue weighted by molar-refractivity contribution is 5.80. The number of hydrogen-bond donors (Lipinski definition) is 3. The average Bonchev–Trinajstić information content (AvgIpc) is 2.83. The maximum absolute atomic E-state index is 11.4. The number of carbonyl (C=O) groups excluding carboxylic acids is 1. The summed E-state index contributed by atoms with van der Waals surface area (Å²) < 4.78 is 2.01. The number of amides is 1. The molecular formula is C14H25N5O. The van der Waals surface area contributed by atoms with Crippen LogP contribution in [0.1, 0.15) is 19.4 Å². The highest BCUT2D eigenvalue weighted by atomic mass is 16.1. The van der Waals surface area contributed by atoms with Crippen molar-refractivity contribution in [3.8, 4) is 0 Å². The van der Waals surface area contributed by atoms with Crippen molar-refractivity contribution in [3.05, 3.63) is 24.0 Å². The van der Waals surface area contributed by atoms with Crippen LogP contribution in [0.15, 0.2) is 23.5 Å². The topological polar surface area (TPSA) is 70.4 Å². The fourth-order valence-corrected chi connectivity index (χ4v) is 1.64. The average molecular weight is 279 g/mol. The molecule has 6 heteroatoms. The molecule has 1 rings (SSSR count). The first kappa shape index (κ1) is 16.1. The summed E-state index contributed by atoms with van der Waals surface area (Å²) in [5.74, 6) is 0.817. The lowest BCUT2D eigenvalue weighted by Gasteiger charge is -2.12. The molecule has 0 aliphatic rings. The van der Waals surface area contributed by atoms with Gasteiger partial charge in [-0.3, -0.25) is 9.79 Å². The van der Waals surface area contributed by atoms with E-state index in [0.29, 0.717) is 13.1 Å². The fraction of sp³-hybridized carbons (Fsp3) is 0.571. The van der Waals surface area contributed by atoms with Gasteiger partial charge in [-0.25, -0.2) is 0 Å². The fourth-order valence-electron chi connectivity index (χ4n) is 1.64. The zero-order valence-electron chi connectivity index (χ0n) is 12.7. The molecule has 0 radical (unpaired) electrons. The predicted octanol–water partition coefficient (Wildman–Crippen LogP) is 0.462. The maximum atomic E-state index is 11.4. The Bertz CT molecular complexity index is 450. The largest absolute Gasteiger partial charge is 0.357 e. The van der Waals surface area contributed by atoms with Crippen molar-refractivity contribution in [1.82, 2.24) is 20.5 Å². The van der Waals surface area contributed by atoms with Gasteiger partial charge in [-0.2, -0.15) is 0 Å². The quantitative estimate of drug-likeness (QED) is 0.402. The van der Waals surface area contributed by atoms with E-state index in [-0.39, 0.29) is 11.8 Å². The standard InChI is InChI=1S/C14H25N5O/c1-11(2)13(20)16-6-7-17-14(15-3)18-9-12-5-8-19(4)10-12/h5,8,10-11H,6-7,9H2,1-4H3,(H,16,20)(H2,15,17,18). The molecular weight excluding hydrogens is 254 g/mol. The number of nitrogens with zero attached hydrogens (tertiary/aromatic N) is 2. The number of nitrogens with one attached hydrogen (secondary N) is 3. The van der Waals surface area contributed by atoms with E-state index in [4.69, 9.17) is 0 Å². The van der Waals surface area contributed by atoms with Crippen LogP contribution in [0.2, 0.25) is 0 Å². The van der Waals surface area contributed by atoms with E-state index < -0.39 is 0 Å². The third kappa shape index (κ3) is 5.77. The molecule has 0 aromatic carbocycles. The molecule has 0 saturated heterocycles. The molecule has 0 saturated carbocycles. The number of carbonyl (C=O) groups is 1. The van der Waals surface area contributed by atoms with Gasteiger partial charge in [0.15, 0.2) is 5.96 Å². The Morgan fingerprint density at radius 1 is 1.30 bits per heavy atom. The third-order valence-electron chi connectivity index (χ3n) is 2.82. The maximum Gasteiger partial charge on any atom is 0.222 e. The lowest BCUT2D eigenvalue weighted by Crippen LogP contribution is -2.41. The molecule has 0 unspecified atom stereocenters. The Morgan fingerprint density at radius 3 is 2.55 bits per heavy atom. The van der Waals surface area contributed by atoms with Crippen LogP contribution in [0.4, 0.5) is 0 Å². The summed E-state index contributed by atoms with van der Waals surface area (Å²) in [6, 6.07) is 2.06. The molecule has 1 aromatic heterocycles. The molecule has 0 aliphatic heterocycles. The van der Waals surface area contributed by atoms with Gasteiger partial charge in [0.05, 0.1) is 0 Å². The predicted molar refractivity (Wildman–Crippen MR) is 81.5 cm³/mol. The second-order valence-corrected chi connectivity index (χ2v) is 4.98. The highest BCUT2D eigenvalue weighted by Crippen LogP contribution is 1.98. The van der Waals surface area contributed by atoms with Crippen LogP contribution in [0.5, 0.6) is 0 Å². The Morgan fingerprint density at radius 2 is 2.00 bits per heavy atom. The number of aliphatic imine (C=N–C) groups is 1. The minimum absolute atomic E-state index is 0.0190. The molecule has 6 nitrogen and oxygen atoms in total. The van der Waals surface area contributed by atoms with Gasteiger partial charge in [-0.05, 0) is 11.6 Å². The van der Waals surface area contributed by atoms with Gasteiger partial charge < -0.3 is 20.5 Å². The van der Waals surface area contributed by atoms with Crippen LogP contribution >= 0.6 is 0 Å². The first-order chi connectivity index (χ1) is 9.52. The van der Waals surface area contributed by atoms with Crippen LogP contribution in [0, 0.1) is 5.92 Å². The van der Waals surface area contributed by atoms with Gasteiger partial charge in [-0.15, -0.1) is 0 Å². The third-order valence-corrected chi connectivity index (χ3v) is 2.82. The summed E-state index contributed by atoms with van der Waals surface area (Å²) in [7, 11) is 3.72. The second kappa shape index (κ2) is 8.24. The molecule has 0 bridgehead atoms. The SMILES string of the molecule is CN=C(NCCNC(=O)C(C)C)NCc1ccn(C)c1. The molecule has 112 valence electrons. The molecule has 3 N–H and O–H groups in total. The van der Waals surface area contributed by atoms with Crippen LogP contribution < -0.4 is 16.0 Å². The number of hydrogen-bond acceptors (Lipinski definition) is 2. The molecule has 20 heavy (non-hydrogen) atoms. The van der Waals surface area contributed by atoms with Gasteiger partial charge in [0.1, 0.15) is 0 Å². The lowest BCUT2D eigenvalue weighted by atomic mass is 10.2. The van der Waals surface area contributed by atoms with Crippen molar-refractivity contribution in [2.75, 3.05) is 20.1 Å². The van der Waals surface area contributed by atoms with Gasteiger partial charge in [-0.1, -0.05) is 13.8 Å². The Hall–Kier alpha value is -1.98. The summed E-state index contributed by atoms with van der Waals surface area (Å²) in [6.07, 6.45) is 4.07. The van der Waals surface area contributed by atoms with Crippen LogP contribution in [-0.4, -0.2) is 36.6 Å². The monoisotopic (exact) mass is 279 g/mol. The van der Waals surface area contributed by atoms with Gasteiger partial charge in [0.2, 0.25) is 5.91 Å². The van der Waals surface area contributed by atoms with Crippen molar-refractivity contribution in [2.45, 2.75) is 20.4 Å². The van der Waals surface area contributed by atoms with E-state index in [0.717, 1.165) is 12.5 Å². The second-order valence-electron chi connectivity index (χ2n) is 4.98. The zero-order chi connectivity index (χ0) is 15.0. The summed E-state index contributed by atoms with van der Waals surface area (Å²) in [6.45, 7) is 5.71. The van der Waals surface area contributed by atoms with Gasteiger partial charge >= 0.3 is 0 Å². The van der Waals surface area contributed by atoms with Crippen molar-refractivity contribution in [1.29, 1.82) is 0 Å². The van der Waals surface area contributed by atoms with Crippen LogP contribution in [-0.2, 0) is 18.4 Å². The van der Waals surface area contributed by atoms with E-state index in [1.807, 2.05) is 31.7 Å². The highest BCUT2D eigenvalue weighted by Gasteiger charge is 2.05. The zero-order valence-corrected chi connectivity index (χ0v) is 12.7. The van der Waals surface area contributed by atoms with Crippen molar-refractivity contribution < 1.29 is 4.79 Å². The minimum Gasteiger partial charge on any atom is -0.357 e. The number of guanidine groups is 1. The van der Waals surface area contributed by atoms with Crippen LogP contribution in [0.3, 0.4) is 0 Å². The number of aromatic nitrogens is 1. The molecule has 1 amide bonds. The van der Waals surface area contributed by atoms with Crippen LogP contribution in [0.25, 0.3) is 0 Å². The molecule has 0 spiro atoms. The van der Waals surface area contributed by atoms with Crippen molar-refractivity contribution in [3.63, 3.8) is 0 Å². The first-order valence-electron chi connectivity index (χ1n) is 6.86. The Balaban J connectivity index is 2.22. The summed E-state index contributed by atoms with van der Waals surface area (Å²) in [5, 5.41) is 9.23. The molecule has 1 aromatic rings. The Labute approximate surface area is 120 Å². The lowest BCUT2D eigenvalue weighted by molar-refractivity contribution is -0.123. The van der Waals surface area contributed by atoms with E-state index >= 15 is 0 Å². The molecule has 0 fully saturated rings. The van der Waals surface area contributed by atoms with Gasteiger partial charge in [0.25, 0.3) is 0 Å². The minimum atomic E-state index is 0.0190. The Kier molecular flexibility index (Phi) is 6.63. The first-order valence-corrected chi connectivity index (χ1v) is 6.86. The normalized spacial score (nSPS) is 11.6. The molecule has 0 atom stereocenters. The summed E-state index contributed by atoms with van der Waals surface area (Å²) >= 11 is 0. The molecule has 1 heterocycles. The number of aryl methyl sites for hydroxylation is 1. The smallest absolute Gasteiger partial charge is 0.222 e. The van der Waals surface area contributed by atoms with Crippen molar-refractivity contribution >= 4 is 11.9 Å². The summed E-state index contributed by atoms with van der Waals surface area (Å²) in [4.78, 5) is 15.5. The van der Waals surface area contributed by atoms with Crippen molar-refractivity contribution in [2.24, 2.45) is 18.0 Å². The van der Waals surface area contributed by atoms with E-state index in [1.54, 1.807) is 7.05 Å². The van der Waals surface area contributed by atoms with E-state index in [2.05, 4.69) is 33.2 Å². The molecule has 0 aliphatic carbocycles. The number of rotatable bonds is 6. The summed E-state index contributed by atoms with van der Waals surface area (Å²) in [5.41, 5.74) is 1.20. The van der Waals surface area contributed by atoms with Gasteiger partial charge in [0, 0.05) is 52.0 Å². The van der Waals surface area contributed by atoms with E-state index in [1.165, 1.54) is 5.56 Å². The van der Waals surface area contributed by atoms with E-state index in [9.17, 15) is 4.79 Å².